The van der Waals surface area contributed by atoms with E-state index in [0.29, 0.717) is 22.4 Å². The van der Waals surface area contributed by atoms with Crippen LogP contribution in [-0.2, 0) is 0 Å². The third-order valence-electron chi connectivity index (χ3n) is 4.81. The SMILES string of the molecule is Cc1ccc(O)c(C)c1-n1c(N)c(C(N)=O)cc(-c2ccc(C(F)F)cc2)c1=O.[B]S. The van der Waals surface area contributed by atoms with Crippen LogP contribution in [0, 0.1) is 13.8 Å². The van der Waals surface area contributed by atoms with Crippen molar-refractivity contribution in [2.24, 2.45) is 5.73 Å². The molecule has 3 rings (SSSR count). The van der Waals surface area contributed by atoms with Gasteiger partial charge < -0.3 is 16.6 Å². The number of aromatic nitrogens is 1. The van der Waals surface area contributed by atoms with E-state index in [9.17, 15) is 23.5 Å². The van der Waals surface area contributed by atoms with Gasteiger partial charge in [-0.05, 0) is 37.1 Å². The molecule has 0 unspecified atom stereocenters. The first-order valence-corrected chi connectivity index (χ1v) is 9.44. The third-order valence-corrected chi connectivity index (χ3v) is 4.81. The fraction of sp³-hybridized carbons (Fsp3) is 0.143. The first-order chi connectivity index (χ1) is 14.6. The van der Waals surface area contributed by atoms with Crippen molar-refractivity contribution in [3.63, 3.8) is 0 Å². The standard InChI is InChI=1S/C21H19F2N3O3.BHS/c1-10-3-8-16(27)11(2)17(10)26-19(24)15(20(25)28)9-14(21(26)29)12-4-6-13(7-5-12)18(22)23;1-2/h3-9,18,27H,24H2,1-2H3,(H2,25,28);2H. The number of pyridine rings is 1. The number of hydrogen-bond acceptors (Lipinski definition) is 5. The minimum absolute atomic E-state index is 0.0517. The van der Waals surface area contributed by atoms with Crippen LogP contribution in [0.15, 0.2) is 47.3 Å². The van der Waals surface area contributed by atoms with E-state index < -0.39 is 17.9 Å². The zero-order valence-corrected chi connectivity index (χ0v) is 17.7. The Balaban J connectivity index is 0.00000166. The molecular weight excluding hydrogens is 423 g/mol. The Bertz CT molecular complexity index is 1180. The van der Waals surface area contributed by atoms with E-state index >= 15 is 0 Å². The minimum atomic E-state index is -2.65. The predicted molar refractivity (Wildman–Crippen MR) is 121 cm³/mol. The smallest absolute Gasteiger partial charge is 0.264 e. The number of carbonyl (C=O) groups excluding carboxylic acids is 1. The van der Waals surface area contributed by atoms with Gasteiger partial charge in [0.05, 0.1) is 11.3 Å². The Labute approximate surface area is 184 Å². The molecule has 160 valence electrons. The lowest BCUT2D eigenvalue weighted by Gasteiger charge is -2.19. The van der Waals surface area contributed by atoms with E-state index in [2.05, 4.69) is 19.6 Å². The van der Waals surface area contributed by atoms with Gasteiger partial charge in [0.25, 0.3) is 17.9 Å². The van der Waals surface area contributed by atoms with Crippen LogP contribution in [-0.4, -0.2) is 22.7 Å². The fourth-order valence-electron chi connectivity index (χ4n) is 3.23. The molecule has 10 heteroatoms. The van der Waals surface area contributed by atoms with Gasteiger partial charge in [-0.25, -0.2) is 21.3 Å². The summed E-state index contributed by atoms with van der Waals surface area (Å²) in [5, 5.41) is 10.1. The summed E-state index contributed by atoms with van der Waals surface area (Å²) in [6.07, 6.45) is -2.65. The molecule has 0 atom stereocenters. The van der Waals surface area contributed by atoms with Gasteiger partial charge in [-0.15, -0.1) is 0 Å². The van der Waals surface area contributed by atoms with Gasteiger partial charge in [-0.2, -0.15) is 0 Å². The highest BCUT2D eigenvalue weighted by Gasteiger charge is 2.21. The molecule has 0 aliphatic carbocycles. The number of aromatic hydroxyl groups is 1. The predicted octanol–water partition coefficient (Wildman–Crippen LogP) is 3.45. The van der Waals surface area contributed by atoms with Crippen molar-refractivity contribution in [1.29, 1.82) is 0 Å². The summed E-state index contributed by atoms with van der Waals surface area (Å²) < 4.78 is 26.8. The van der Waals surface area contributed by atoms with Gasteiger partial charge in [0.1, 0.15) is 11.6 Å². The van der Waals surface area contributed by atoms with Crippen molar-refractivity contribution in [3.05, 3.63) is 75.1 Å². The molecule has 2 radical (unpaired) electrons. The van der Waals surface area contributed by atoms with E-state index in [0.717, 1.165) is 4.57 Å². The minimum Gasteiger partial charge on any atom is -0.508 e. The molecular formula is C21H20BF2N3O3S. The number of amides is 1. The first-order valence-electron chi connectivity index (χ1n) is 8.92. The number of halogens is 2. The first kappa shape index (κ1) is 24.0. The Morgan fingerprint density at radius 2 is 1.71 bits per heavy atom. The molecule has 1 amide bonds. The lowest BCUT2D eigenvalue weighted by Crippen LogP contribution is -2.28. The molecule has 0 aliphatic heterocycles. The van der Waals surface area contributed by atoms with Crippen molar-refractivity contribution in [1.82, 2.24) is 4.57 Å². The van der Waals surface area contributed by atoms with E-state index in [1.54, 1.807) is 19.9 Å². The average molecular weight is 443 g/mol. The number of phenols is 1. The topological polar surface area (TPSA) is 111 Å². The summed E-state index contributed by atoms with van der Waals surface area (Å²) in [5.41, 5.74) is 12.4. The fourth-order valence-corrected chi connectivity index (χ4v) is 3.23. The summed E-state index contributed by atoms with van der Waals surface area (Å²) in [6.45, 7) is 3.33. The summed E-state index contributed by atoms with van der Waals surface area (Å²) in [6, 6.07) is 9.48. The van der Waals surface area contributed by atoms with Crippen LogP contribution in [0.2, 0.25) is 0 Å². The molecule has 5 N–H and O–H groups in total. The number of hydrogen-bond donors (Lipinski definition) is 4. The van der Waals surface area contributed by atoms with Crippen molar-refractivity contribution >= 4 is 31.3 Å². The van der Waals surface area contributed by atoms with Crippen molar-refractivity contribution < 1.29 is 18.7 Å². The molecule has 0 bridgehead atoms. The van der Waals surface area contributed by atoms with Crippen LogP contribution in [0.4, 0.5) is 14.6 Å². The average Bonchev–Trinajstić information content (AvgIpc) is 2.74. The van der Waals surface area contributed by atoms with Crippen LogP contribution in [0.25, 0.3) is 16.8 Å². The van der Waals surface area contributed by atoms with Crippen molar-refractivity contribution in [3.8, 4) is 22.6 Å². The number of nitrogens with zero attached hydrogens (tertiary/aromatic N) is 1. The Kier molecular flexibility index (Phi) is 7.51. The summed E-state index contributed by atoms with van der Waals surface area (Å²) in [7, 11) is 4.19. The number of thiol groups is 1. The Hall–Kier alpha value is -3.27. The summed E-state index contributed by atoms with van der Waals surface area (Å²) in [5.74, 6) is -1.08. The van der Waals surface area contributed by atoms with Gasteiger partial charge in [-0.3, -0.25) is 14.2 Å². The highest BCUT2D eigenvalue weighted by atomic mass is 32.1. The Morgan fingerprint density at radius 3 is 2.23 bits per heavy atom. The second-order valence-electron chi connectivity index (χ2n) is 6.66. The molecule has 6 nitrogen and oxygen atoms in total. The number of anilines is 1. The molecule has 0 fully saturated rings. The maximum Gasteiger partial charge on any atom is 0.264 e. The maximum absolute atomic E-state index is 13.3. The molecule has 0 saturated heterocycles. The van der Waals surface area contributed by atoms with Gasteiger partial charge in [0.2, 0.25) is 0 Å². The zero-order chi connectivity index (χ0) is 23.5. The molecule has 3 aromatic rings. The number of carbonyl (C=O) groups is 1. The van der Waals surface area contributed by atoms with Gasteiger partial charge in [-0.1, -0.05) is 30.3 Å². The highest BCUT2D eigenvalue weighted by molar-refractivity contribution is 8.03. The van der Waals surface area contributed by atoms with Crippen LogP contribution in [0.5, 0.6) is 5.75 Å². The van der Waals surface area contributed by atoms with Gasteiger partial charge in [0, 0.05) is 16.7 Å². The van der Waals surface area contributed by atoms with Crippen molar-refractivity contribution in [2.45, 2.75) is 20.3 Å². The second-order valence-corrected chi connectivity index (χ2v) is 6.66. The number of phenolic OH excluding ortho intramolecular Hbond substituents is 1. The number of aryl methyl sites for hydroxylation is 1. The van der Waals surface area contributed by atoms with E-state index in [1.165, 1.54) is 36.4 Å². The van der Waals surface area contributed by atoms with E-state index in [1.807, 2.05) is 0 Å². The molecule has 1 heterocycles. The molecule has 0 spiro atoms. The lowest BCUT2D eigenvalue weighted by molar-refractivity contribution is 0.100. The number of primary amides is 1. The second kappa shape index (κ2) is 9.70. The molecule has 0 aliphatic rings. The number of benzene rings is 2. The zero-order valence-electron chi connectivity index (χ0n) is 16.8. The normalized spacial score (nSPS) is 10.5. The quantitative estimate of drug-likeness (QED) is 0.366. The maximum atomic E-state index is 13.3. The summed E-state index contributed by atoms with van der Waals surface area (Å²) in [4.78, 5) is 25.3. The molecule has 2 aromatic carbocycles. The van der Waals surface area contributed by atoms with Gasteiger partial charge >= 0.3 is 0 Å². The molecule has 0 saturated carbocycles. The van der Waals surface area contributed by atoms with E-state index in [4.69, 9.17) is 11.5 Å². The number of nitrogens with two attached hydrogens (primary N) is 2. The number of rotatable bonds is 4. The van der Waals surface area contributed by atoms with Crippen LogP contribution >= 0.6 is 12.5 Å². The number of alkyl halides is 2. The third kappa shape index (κ3) is 4.58. The van der Waals surface area contributed by atoms with Crippen LogP contribution in [0.3, 0.4) is 0 Å². The van der Waals surface area contributed by atoms with Crippen LogP contribution < -0.4 is 17.0 Å². The van der Waals surface area contributed by atoms with E-state index in [-0.39, 0.29) is 28.3 Å². The van der Waals surface area contributed by atoms with Crippen molar-refractivity contribution in [2.75, 3.05) is 5.73 Å². The summed E-state index contributed by atoms with van der Waals surface area (Å²) >= 11 is 3.03. The highest BCUT2D eigenvalue weighted by Crippen LogP contribution is 2.30. The van der Waals surface area contributed by atoms with Crippen LogP contribution in [0.1, 0.15) is 33.5 Å². The monoisotopic (exact) mass is 443 g/mol. The molecule has 31 heavy (non-hydrogen) atoms. The molecule has 1 aromatic heterocycles. The largest absolute Gasteiger partial charge is 0.508 e. The number of nitrogen functional groups attached to an aromatic ring is 1. The Morgan fingerprint density at radius 1 is 1.13 bits per heavy atom. The lowest BCUT2D eigenvalue weighted by atomic mass is 10.0. The van der Waals surface area contributed by atoms with Gasteiger partial charge in [0.15, 0.2) is 7.12 Å².